The van der Waals surface area contributed by atoms with Crippen molar-refractivity contribution in [3.05, 3.63) is 35.5 Å². The molecule has 1 aromatic carbocycles. The molecule has 1 nitrogen and oxygen atoms in total. The number of unbranched alkanes of at least 4 members (excludes halogenated alkanes) is 12. The maximum Gasteiger partial charge on any atom is 0.0459 e. The summed E-state index contributed by atoms with van der Waals surface area (Å²) >= 11 is 0. The van der Waals surface area contributed by atoms with Crippen LogP contribution in [0.25, 0.3) is 10.9 Å². The van der Waals surface area contributed by atoms with E-state index in [2.05, 4.69) is 70.8 Å². The number of nitrogens with one attached hydrogen (secondary N) is 1. The Bertz CT molecular complexity index is 833. The molecular weight excluding hydrogens is 446 g/mol. The molecule has 0 saturated heterocycles. The molecular formula is C36H63N. The molecule has 1 unspecified atom stereocenters. The summed E-state index contributed by atoms with van der Waals surface area (Å²) in [4.78, 5) is 3.98. The Kier molecular flexibility index (Phi) is 15.0. The summed E-state index contributed by atoms with van der Waals surface area (Å²) < 4.78 is 0. The van der Waals surface area contributed by atoms with Crippen LogP contribution in [-0.2, 0) is 10.8 Å². The zero-order valence-electron chi connectivity index (χ0n) is 26.0. The lowest BCUT2D eigenvalue weighted by molar-refractivity contribution is 0.358. The summed E-state index contributed by atoms with van der Waals surface area (Å²) in [7, 11) is 0. The molecule has 2 aromatic rings. The van der Waals surface area contributed by atoms with Crippen molar-refractivity contribution in [3.63, 3.8) is 0 Å². The molecule has 0 aliphatic carbocycles. The van der Waals surface area contributed by atoms with Crippen molar-refractivity contribution in [2.24, 2.45) is 0 Å². The first-order valence-corrected chi connectivity index (χ1v) is 16.6. The monoisotopic (exact) mass is 509 g/mol. The standard InChI is InChI=1S/C36H63N/c1-7-11-15-18-22-29-36(6,28-19-14-10-4)34-30-31-32(24-23-25-33(31)37-34)35(5,26-20-16-12-8-2)27-21-17-13-9-3/h23-25,30,37H,7-22,26-29H2,1-6H3. The van der Waals surface area contributed by atoms with Gasteiger partial charge in [0.25, 0.3) is 0 Å². The van der Waals surface area contributed by atoms with E-state index in [4.69, 9.17) is 0 Å². The molecule has 1 N–H and O–H groups in total. The second-order valence-corrected chi connectivity index (χ2v) is 12.8. The van der Waals surface area contributed by atoms with Gasteiger partial charge in [-0.1, -0.05) is 156 Å². The smallest absolute Gasteiger partial charge is 0.0459 e. The molecule has 0 fully saturated rings. The maximum absolute atomic E-state index is 3.98. The van der Waals surface area contributed by atoms with E-state index in [1.807, 2.05) is 0 Å². The van der Waals surface area contributed by atoms with E-state index in [0.29, 0.717) is 0 Å². The van der Waals surface area contributed by atoms with Gasteiger partial charge in [-0.25, -0.2) is 0 Å². The van der Waals surface area contributed by atoms with Crippen LogP contribution in [0.5, 0.6) is 0 Å². The summed E-state index contributed by atoms with van der Waals surface area (Å²) in [6.45, 7) is 14.4. The van der Waals surface area contributed by atoms with Crippen LogP contribution < -0.4 is 0 Å². The number of aromatic amines is 1. The van der Waals surface area contributed by atoms with Crippen LogP contribution in [0.4, 0.5) is 0 Å². The highest BCUT2D eigenvalue weighted by atomic mass is 14.7. The number of benzene rings is 1. The van der Waals surface area contributed by atoms with Gasteiger partial charge >= 0.3 is 0 Å². The quantitative estimate of drug-likeness (QED) is 0.152. The molecule has 1 heterocycles. The summed E-state index contributed by atoms with van der Waals surface area (Å²) in [5, 5.41) is 1.51. The fourth-order valence-electron chi connectivity index (χ4n) is 6.56. The number of H-pyrrole nitrogens is 1. The molecule has 37 heavy (non-hydrogen) atoms. The Morgan fingerprint density at radius 1 is 0.541 bits per heavy atom. The van der Waals surface area contributed by atoms with Crippen LogP contribution in [0, 0.1) is 0 Å². The average molecular weight is 510 g/mol. The molecule has 1 atom stereocenters. The summed E-state index contributed by atoms with van der Waals surface area (Å²) in [5.74, 6) is 0. The first-order chi connectivity index (χ1) is 17.9. The highest BCUT2D eigenvalue weighted by Gasteiger charge is 2.31. The maximum atomic E-state index is 3.98. The van der Waals surface area contributed by atoms with Gasteiger partial charge < -0.3 is 4.98 Å². The van der Waals surface area contributed by atoms with E-state index < -0.39 is 0 Å². The molecule has 2 rings (SSSR count). The summed E-state index contributed by atoms with van der Waals surface area (Å²) in [6.07, 6.45) is 27.0. The molecule has 0 spiro atoms. The Morgan fingerprint density at radius 3 is 1.51 bits per heavy atom. The third kappa shape index (κ3) is 10.1. The van der Waals surface area contributed by atoms with Crippen LogP contribution >= 0.6 is 0 Å². The van der Waals surface area contributed by atoms with Gasteiger partial charge in [0.1, 0.15) is 0 Å². The molecule has 1 heteroatoms. The zero-order valence-corrected chi connectivity index (χ0v) is 26.0. The van der Waals surface area contributed by atoms with E-state index in [1.165, 1.54) is 145 Å². The third-order valence-corrected chi connectivity index (χ3v) is 9.29. The third-order valence-electron chi connectivity index (χ3n) is 9.29. The molecule has 0 aliphatic rings. The van der Waals surface area contributed by atoms with Gasteiger partial charge in [-0.15, -0.1) is 0 Å². The highest BCUT2D eigenvalue weighted by molar-refractivity contribution is 5.85. The molecule has 0 radical (unpaired) electrons. The second kappa shape index (κ2) is 17.4. The number of aromatic nitrogens is 1. The Hall–Kier alpha value is -1.24. The van der Waals surface area contributed by atoms with Crippen LogP contribution in [-0.4, -0.2) is 4.98 Å². The minimum atomic E-state index is 0.260. The van der Waals surface area contributed by atoms with E-state index in [1.54, 1.807) is 5.56 Å². The lowest BCUT2D eigenvalue weighted by atomic mass is 9.72. The number of rotatable bonds is 22. The van der Waals surface area contributed by atoms with Crippen molar-refractivity contribution in [2.45, 2.75) is 181 Å². The van der Waals surface area contributed by atoms with Crippen molar-refractivity contribution in [1.82, 2.24) is 4.98 Å². The zero-order chi connectivity index (χ0) is 27.0. The van der Waals surface area contributed by atoms with E-state index in [-0.39, 0.29) is 10.8 Å². The van der Waals surface area contributed by atoms with Crippen LogP contribution in [0.15, 0.2) is 24.3 Å². The first kappa shape index (κ1) is 32.0. The van der Waals surface area contributed by atoms with Gasteiger partial charge in [0.2, 0.25) is 0 Å². The molecule has 212 valence electrons. The van der Waals surface area contributed by atoms with Crippen molar-refractivity contribution < 1.29 is 0 Å². The van der Waals surface area contributed by atoms with Crippen molar-refractivity contribution in [3.8, 4) is 0 Å². The predicted molar refractivity (Wildman–Crippen MR) is 168 cm³/mol. The Labute approximate surface area is 232 Å². The van der Waals surface area contributed by atoms with Crippen LogP contribution in [0.3, 0.4) is 0 Å². The van der Waals surface area contributed by atoms with Gasteiger partial charge in [-0.2, -0.15) is 0 Å². The molecule has 0 saturated carbocycles. The van der Waals surface area contributed by atoms with Gasteiger partial charge in [-0.3, -0.25) is 0 Å². The minimum absolute atomic E-state index is 0.260. The number of fused-ring (bicyclic) bond motifs is 1. The molecule has 0 bridgehead atoms. The fraction of sp³-hybridized carbons (Fsp3) is 0.778. The molecule has 0 amide bonds. The van der Waals surface area contributed by atoms with Crippen molar-refractivity contribution >= 4 is 10.9 Å². The topological polar surface area (TPSA) is 15.8 Å². The lowest BCUT2D eigenvalue weighted by Gasteiger charge is -2.32. The van der Waals surface area contributed by atoms with Crippen molar-refractivity contribution in [1.29, 1.82) is 0 Å². The lowest BCUT2D eigenvalue weighted by Crippen LogP contribution is -2.23. The Morgan fingerprint density at radius 2 is 0.973 bits per heavy atom. The predicted octanol–water partition coefficient (Wildman–Crippen LogP) is 12.6. The van der Waals surface area contributed by atoms with Gasteiger partial charge in [0, 0.05) is 22.0 Å². The van der Waals surface area contributed by atoms with Crippen LogP contribution in [0.2, 0.25) is 0 Å². The van der Waals surface area contributed by atoms with E-state index in [9.17, 15) is 0 Å². The second-order valence-electron chi connectivity index (χ2n) is 12.8. The van der Waals surface area contributed by atoms with E-state index >= 15 is 0 Å². The number of hydrogen-bond donors (Lipinski definition) is 1. The summed E-state index contributed by atoms with van der Waals surface area (Å²) in [6, 6.07) is 9.73. The van der Waals surface area contributed by atoms with Gasteiger partial charge in [0.15, 0.2) is 0 Å². The highest BCUT2D eigenvalue weighted by Crippen LogP contribution is 2.42. The Balaban J connectivity index is 2.35. The SMILES string of the molecule is CCCCCCCC(C)(CCCCC)c1cc2c(C(C)(CCCCCC)CCCCCC)cccc2[nH]1. The minimum Gasteiger partial charge on any atom is -0.358 e. The van der Waals surface area contributed by atoms with Gasteiger partial charge in [-0.05, 0) is 48.8 Å². The molecule has 0 aliphatic heterocycles. The first-order valence-electron chi connectivity index (χ1n) is 16.6. The average Bonchev–Trinajstić information content (AvgIpc) is 3.35. The van der Waals surface area contributed by atoms with E-state index in [0.717, 1.165) is 0 Å². The summed E-state index contributed by atoms with van der Waals surface area (Å²) in [5.41, 5.74) is 5.02. The fourth-order valence-corrected chi connectivity index (χ4v) is 6.56. The largest absolute Gasteiger partial charge is 0.358 e. The molecule has 1 aromatic heterocycles. The van der Waals surface area contributed by atoms with Crippen LogP contribution in [0.1, 0.15) is 181 Å². The normalized spacial score (nSPS) is 13.9. The van der Waals surface area contributed by atoms with Crippen molar-refractivity contribution in [2.75, 3.05) is 0 Å². The van der Waals surface area contributed by atoms with Gasteiger partial charge in [0.05, 0.1) is 0 Å². The number of hydrogen-bond acceptors (Lipinski definition) is 0.